The van der Waals surface area contributed by atoms with Crippen molar-refractivity contribution in [1.82, 2.24) is 10.2 Å². The number of benzene rings is 2. The van der Waals surface area contributed by atoms with E-state index in [1.165, 1.54) is 12.1 Å². The van der Waals surface area contributed by atoms with E-state index in [2.05, 4.69) is 10.2 Å². The van der Waals surface area contributed by atoms with Gasteiger partial charge in [-0.05, 0) is 42.7 Å². The van der Waals surface area contributed by atoms with Crippen LogP contribution in [-0.2, 0) is 16.1 Å². The maximum atomic E-state index is 13.1. The maximum absolute atomic E-state index is 13.1. The summed E-state index contributed by atoms with van der Waals surface area (Å²) >= 11 is 0. The van der Waals surface area contributed by atoms with Crippen molar-refractivity contribution in [2.24, 2.45) is 0 Å². The fraction of sp³-hybridized carbons (Fsp3) is 0.435. The van der Waals surface area contributed by atoms with Crippen molar-refractivity contribution >= 4 is 5.91 Å². The highest BCUT2D eigenvalue weighted by atomic mass is 19.1. The van der Waals surface area contributed by atoms with Crippen molar-refractivity contribution in [3.8, 4) is 5.75 Å². The standard InChI is InChI=1S/C23H27FN2O3/c24-18-8-6-17(7-9-18)15-25-23(27)22-14-21(29-20-4-2-1-3-5-20)16-26(22)19-10-12-28-13-11-19/h1-9,19,21-22H,10-16H2,(H,25,27)/t21-,22-/m0/s1. The molecule has 2 aliphatic rings. The summed E-state index contributed by atoms with van der Waals surface area (Å²) in [6, 6.07) is 16.1. The number of hydrogen-bond donors (Lipinski definition) is 1. The molecule has 2 atom stereocenters. The molecule has 0 saturated carbocycles. The fourth-order valence-electron chi connectivity index (χ4n) is 4.19. The van der Waals surface area contributed by atoms with Gasteiger partial charge in [0.05, 0.1) is 6.04 Å². The Balaban J connectivity index is 1.42. The van der Waals surface area contributed by atoms with Crippen molar-refractivity contribution in [3.05, 3.63) is 66.0 Å². The quantitative estimate of drug-likeness (QED) is 0.812. The van der Waals surface area contributed by atoms with Crippen molar-refractivity contribution in [1.29, 1.82) is 0 Å². The van der Waals surface area contributed by atoms with Gasteiger partial charge in [-0.1, -0.05) is 30.3 Å². The van der Waals surface area contributed by atoms with Gasteiger partial charge < -0.3 is 14.8 Å². The number of likely N-dealkylation sites (tertiary alicyclic amines) is 1. The van der Waals surface area contributed by atoms with Gasteiger partial charge in [0, 0.05) is 38.8 Å². The summed E-state index contributed by atoms with van der Waals surface area (Å²) in [7, 11) is 0. The summed E-state index contributed by atoms with van der Waals surface area (Å²) in [6.07, 6.45) is 2.49. The molecule has 1 amide bonds. The van der Waals surface area contributed by atoms with Crippen molar-refractivity contribution in [2.75, 3.05) is 19.8 Å². The lowest BCUT2D eigenvalue weighted by Crippen LogP contribution is -2.49. The number of rotatable bonds is 6. The molecule has 154 valence electrons. The first-order chi connectivity index (χ1) is 14.2. The molecule has 2 aliphatic heterocycles. The topological polar surface area (TPSA) is 50.8 Å². The van der Waals surface area contributed by atoms with Crippen LogP contribution in [0.15, 0.2) is 54.6 Å². The molecule has 6 heteroatoms. The molecule has 5 nitrogen and oxygen atoms in total. The van der Waals surface area contributed by atoms with Crippen LogP contribution < -0.4 is 10.1 Å². The maximum Gasteiger partial charge on any atom is 0.237 e. The van der Waals surface area contributed by atoms with E-state index in [1.807, 2.05) is 30.3 Å². The van der Waals surface area contributed by atoms with Gasteiger partial charge in [-0.3, -0.25) is 9.69 Å². The number of halogens is 1. The van der Waals surface area contributed by atoms with Gasteiger partial charge in [0.1, 0.15) is 17.7 Å². The number of para-hydroxylation sites is 1. The minimum Gasteiger partial charge on any atom is -0.489 e. The van der Waals surface area contributed by atoms with E-state index in [4.69, 9.17) is 9.47 Å². The number of amides is 1. The number of carbonyl (C=O) groups excluding carboxylic acids is 1. The normalized spacial score (nSPS) is 23.1. The number of ether oxygens (including phenoxy) is 2. The first-order valence-corrected chi connectivity index (χ1v) is 10.3. The molecule has 0 bridgehead atoms. The Bertz CT molecular complexity index is 794. The lowest BCUT2D eigenvalue weighted by molar-refractivity contribution is -0.127. The molecule has 0 spiro atoms. The predicted molar refractivity (Wildman–Crippen MR) is 108 cm³/mol. The SMILES string of the molecule is O=C(NCc1ccc(F)cc1)[C@@H]1C[C@H](Oc2ccccc2)CN1C1CCOCC1. The second-order valence-corrected chi connectivity index (χ2v) is 7.69. The van der Waals surface area contributed by atoms with E-state index in [1.54, 1.807) is 12.1 Å². The summed E-state index contributed by atoms with van der Waals surface area (Å²) in [6.45, 7) is 2.58. The molecule has 2 saturated heterocycles. The van der Waals surface area contributed by atoms with E-state index in [0.717, 1.165) is 43.9 Å². The van der Waals surface area contributed by atoms with E-state index in [9.17, 15) is 9.18 Å². The van der Waals surface area contributed by atoms with Gasteiger partial charge in [-0.15, -0.1) is 0 Å². The van der Waals surface area contributed by atoms with Crippen LogP contribution in [0.25, 0.3) is 0 Å². The van der Waals surface area contributed by atoms with Gasteiger partial charge in [0.15, 0.2) is 0 Å². The number of hydrogen-bond acceptors (Lipinski definition) is 4. The molecule has 1 N–H and O–H groups in total. The highest BCUT2D eigenvalue weighted by molar-refractivity contribution is 5.82. The first kappa shape index (κ1) is 19.9. The van der Waals surface area contributed by atoms with Crippen molar-refractivity contribution in [2.45, 2.75) is 44.0 Å². The third kappa shape index (κ3) is 5.14. The molecular weight excluding hydrogens is 371 g/mol. The summed E-state index contributed by atoms with van der Waals surface area (Å²) in [5.74, 6) is 0.555. The Kier molecular flexibility index (Phi) is 6.42. The largest absolute Gasteiger partial charge is 0.489 e. The zero-order valence-electron chi connectivity index (χ0n) is 16.4. The Morgan fingerprint density at radius 2 is 1.83 bits per heavy atom. The molecule has 2 aromatic carbocycles. The van der Waals surface area contributed by atoms with E-state index >= 15 is 0 Å². The zero-order chi connectivity index (χ0) is 20.1. The average molecular weight is 398 g/mol. The van der Waals surface area contributed by atoms with Crippen molar-refractivity contribution in [3.63, 3.8) is 0 Å². The Hall–Kier alpha value is -2.44. The van der Waals surface area contributed by atoms with Crippen LogP contribution >= 0.6 is 0 Å². The number of carbonyl (C=O) groups is 1. The molecule has 29 heavy (non-hydrogen) atoms. The third-order valence-electron chi connectivity index (χ3n) is 5.69. The van der Waals surface area contributed by atoms with E-state index in [-0.39, 0.29) is 23.9 Å². The highest BCUT2D eigenvalue weighted by Crippen LogP contribution is 2.28. The Morgan fingerprint density at radius 1 is 1.10 bits per heavy atom. The zero-order valence-corrected chi connectivity index (χ0v) is 16.4. The van der Waals surface area contributed by atoms with Crippen LogP contribution in [-0.4, -0.2) is 48.8 Å². The molecule has 2 aromatic rings. The molecule has 0 aromatic heterocycles. The van der Waals surface area contributed by atoms with Crippen LogP contribution in [0.2, 0.25) is 0 Å². The van der Waals surface area contributed by atoms with Gasteiger partial charge >= 0.3 is 0 Å². The minimum atomic E-state index is -0.275. The highest BCUT2D eigenvalue weighted by Gasteiger charge is 2.41. The Morgan fingerprint density at radius 3 is 2.55 bits per heavy atom. The van der Waals surface area contributed by atoms with Crippen LogP contribution in [0.5, 0.6) is 5.75 Å². The fourth-order valence-corrected chi connectivity index (χ4v) is 4.19. The Labute approximate surface area is 170 Å². The summed E-state index contributed by atoms with van der Waals surface area (Å²) in [5.41, 5.74) is 0.882. The van der Waals surface area contributed by atoms with Crippen LogP contribution in [0, 0.1) is 5.82 Å². The first-order valence-electron chi connectivity index (χ1n) is 10.3. The van der Waals surface area contributed by atoms with Crippen LogP contribution in [0.3, 0.4) is 0 Å². The molecule has 0 aliphatic carbocycles. The summed E-state index contributed by atoms with van der Waals surface area (Å²) < 4.78 is 24.8. The second kappa shape index (κ2) is 9.37. The average Bonchev–Trinajstić information content (AvgIpc) is 3.18. The molecule has 4 rings (SSSR count). The van der Waals surface area contributed by atoms with E-state index in [0.29, 0.717) is 19.0 Å². The van der Waals surface area contributed by atoms with Crippen molar-refractivity contribution < 1.29 is 18.7 Å². The van der Waals surface area contributed by atoms with Gasteiger partial charge in [0.2, 0.25) is 5.91 Å². The summed E-state index contributed by atoms with van der Waals surface area (Å²) in [4.78, 5) is 15.3. The molecular formula is C23H27FN2O3. The number of nitrogens with zero attached hydrogens (tertiary/aromatic N) is 1. The van der Waals surface area contributed by atoms with Gasteiger partial charge in [-0.2, -0.15) is 0 Å². The minimum absolute atomic E-state index is 0.0000199. The monoisotopic (exact) mass is 398 g/mol. The van der Waals surface area contributed by atoms with Gasteiger partial charge in [-0.25, -0.2) is 4.39 Å². The lowest BCUT2D eigenvalue weighted by Gasteiger charge is -2.34. The number of nitrogens with one attached hydrogen (secondary N) is 1. The molecule has 2 fully saturated rings. The smallest absolute Gasteiger partial charge is 0.237 e. The second-order valence-electron chi connectivity index (χ2n) is 7.69. The van der Waals surface area contributed by atoms with Crippen LogP contribution in [0.4, 0.5) is 4.39 Å². The van der Waals surface area contributed by atoms with Crippen LogP contribution in [0.1, 0.15) is 24.8 Å². The van der Waals surface area contributed by atoms with Gasteiger partial charge in [0.25, 0.3) is 0 Å². The predicted octanol–water partition coefficient (Wildman–Crippen LogP) is 3.14. The third-order valence-corrected chi connectivity index (χ3v) is 5.69. The molecule has 2 heterocycles. The summed E-state index contributed by atoms with van der Waals surface area (Å²) in [5, 5.41) is 3.02. The van der Waals surface area contributed by atoms with E-state index < -0.39 is 0 Å². The molecule has 0 radical (unpaired) electrons. The molecule has 0 unspecified atom stereocenters. The lowest BCUT2D eigenvalue weighted by atomic mass is 10.1.